The second-order valence-electron chi connectivity index (χ2n) is 3.00. The lowest BCUT2D eigenvalue weighted by Crippen LogP contribution is -2.02. The molecule has 0 saturated heterocycles. The molecule has 0 saturated carbocycles. The van der Waals surface area contributed by atoms with Crippen LogP contribution in [0.4, 0.5) is 0 Å². The fraction of sp³-hybridized carbons (Fsp3) is 0.455. The smallest absolute Gasteiger partial charge is 0.0698 e. The molecule has 0 aliphatic carbocycles. The van der Waals surface area contributed by atoms with Crippen LogP contribution in [0.1, 0.15) is 5.56 Å². The molecule has 0 heterocycles. The molecule has 3 heteroatoms. The third-order valence-electron chi connectivity index (χ3n) is 1.72. The summed E-state index contributed by atoms with van der Waals surface area (Å²) in [5.74, 6) is 0.934. The molecule has 0 spiro atoms. The average Bonchev–Trinajstić information content (AvgIpc) is 2.18. The molecule has 0 aliphatic heterocycles. The standard InChI is InChI=1S/C11H16O2S/c1-10-3-2-4-11(9-10)14-8-7-13-6-5-12/h2-4,9,12H,5-8H2,1H3. The summed E-state index contributed by atoms with van der Waals surface area (Å²) in [5.41, 5.74) is 1.28. The minimum atomic E-state index is 0.106. The Morgan fingerprint density at radius 3 is 2.93 bits per heavy atom. The van der Waals surface area contributed by atoms with Crippen molar-refractivity contribution in [3.8, 4) is 0 Å². The van der Waals surface area contributed by atoms with Gasteiger partial charge < -0.3 is 9.84 Å². The van der Waals surface area contributed by atoms with Crippen molar-refractivity contribution in [1.29, 1.82) is 0 Å². The average molecular weight is 212 g/mol. The Morgan fingerprint density at radius 1 is 1.36 bits per heavy atom. The zero-order valence-electron chi connectivity index (χ0n) is 8.40. The van der Waals surface area contributed by atoms with Crippen molar-refractivity contribution in [1.82, 2.24) is 0 Å². The number of benzene rings is 1. The van der Waals surface area contributed by atoms with E-state index < -0.39 is 0 Å². The minimum Gasteiger partial charge on any atom is -0.394 e. The van der Waals surface area contributed by atoms with Gasteiger partial charge in [0.2, 0.25) is 0 Å². The van der Waals surface area contributed by atoms with Crippen LogP contribution >= 0.6 is 11.8 Å². The van der Waals surface area contributed by atoms with Gasteiger partial charge in [-0.25, -0.2) is 0 Å². The third kappa shape index (κ3) is 4.65. The molecule has 0 atom stereocenters. The highest BCUT2D eigenvalue weighted by atomic mass is 32.2. The SMILES string of the molecule is Cc1cccc(SCCOCCO)c1. The van der Waals surface area contributed by atoms with Crippen LogP contribution in [0.2, 0.25) is 0 Å². The predicted molar refractivity (Wildman–Crippen MR) is 59.8 cm³/mol. The first-order valence-electron chi connectivity index (χ1n) is 4.71. The van der Waals surface area contributed by atoms with Gasteiger partial charge in [-0.15, -0.1) is 11.8 Å². The number of aliphatic hydroxyl groups excluding tert-OH is 1. The monoisotopic (exact) mass is 212 g/mol. The fourth-order valence-electron chi connectivity index (χ4n) is 1.09. The summed E-state index contributed by atoms with van der Waals surface area (Å²) in [7, 11) is 0. The van der Waals surface area contributed by atoms with Gasteiger partial charge in [-0.3, -0.25) is 0 Å². The maximum atomic E-state index is 8.49. The molecule has 0 radical (unpaired) electrons. The quantitative estimate of drug-likeness (QED) is 0.578. The number of hydrogen-bond acceptors (Lipinski definition) is 3. The van der Waals surface area contributed by atoms with Crippen LogP contribution in [-0.2, 0) is 4.74 Å². The molecule has 0 aromatic heterocycles. The molecule has 1 N–H and O–H groups in total. The molecule has 1 rings (SSSR count). The van der Waals surface area contributed by atoms with Gasteiger partial charge in [-0.2, -0.15) is 0 Å². The molecule has 0 unspecified atom stereocenters. The van der Waals surface area contributed by atoms with Crippen LogP contribution < -0.4 is 0 Å². The second-order valence-corrected chi connectivity index (χ2v) is 4.17. The topological polar surface area (TPSA) is 29.5 Å². The highest BCUT2D eigenvalue weighted by Gasteiger charge is 1.94. The molecule has 2 nitrogen and oxygen atoms in total. The van der Waals surface area contributed by atoms with Crippen molar-refractivity contribution in [2.45, 2.75) is 11.8 Å². The van der Waals surface area contributed by atoms with Gasteiger partial charge in [0.1, 0.15) is 0 Å². The lowest BCUT2D eigenvalue weighted by atomic mass is 10.2. The lowest BCUT2D eigenvalue weighted by Gasteiger charge is -2.03. The Labute approximate surface area is 89.3 Å². The summed E-state index contributed by atoms with van der Waals surface area (Å²) in [6, 6.07) is 8.42. The van der Waals surface area contributed by atoms with Crippen molar-refractivity contribution in [2.24, 2.45) is 0 Å². The fourth-order valence-corrected chi connectivity index (χ4v) is 1.97. The van der Waals surface area contributed by atoms with Gasteiger partial charge in [0, 0.05) is 10.6 Å². The van der Waals surface area contributed by atoms with E-state index in [0.29, 0.717) is 13.2 Å². The van der Waals surface area contributed by atoms with Crippen LogP contribution in [0.15, 0.2) is 29.2 Å². The summed E-state index contributed by atoms with van der Waals surface area (Å²) in [6.07, 6.45) is 0. The van der Waals surface area contributed by atoms with Gasteiger partial charge in [-0.1, -0.05) is 17.7 Å². The summed E-state index contributed by atoms with van der Waals surface area (Å²) in [5, 5.41) is 8.49. The molecule has 0 bridgehead atoms. The number of hydrogen-bond donors (Lipinski definition) is 1. The first-order valence-corrected chi connectivity index (χ1v) is 5.69. The van der Waals surface area contributed by atoms with E-state index in [1.165, 1.54) is 10.5 Å². The molecular weight excluding hydrogens is 196 g/mol. The Kier molecular flexibility index (Phi) is 5.68. The zero-order valence-corrected chi connectivity index (χ0v) is 9.22. The normalized spacial score (nSPS) is 10.4. The van der Waals surface area contributed by atoms with Crippen LogP contribution in [0.25, 0.3) is 0 Å². The summed E-state index contributed by atoms with van der Waals surface area (Å²) < 4.78 is 5.16. The van der Waals surface area contributed by atoms with Gasteiger partial charge in [-0.05, 0) is 19.1 Å². The zero-order chi connectivity index (χ0) is 10.2. The largest absolute Gasteiger partial charge is 0.394 e. The van der Waals surface area contributed by atoms with Crippen molar-refractivity contribution < 1.29 is 9.84 Å². The Morgan fingerprint density at radius 2 is 2.21 bits per heavy atom. The van der Waals surface area contributed by atoms with Gasteiger partial charge in [0.25, 0.3) is 0 Å². The molecule has 1 aromatic carbocycles. The molecule has 0 fully saturated rings. The van der Waals surface area contributed by atoms with E-state index in [0.717, 1.165) is 5.75 Å². The van der Waals surface area contributed by atoms with Crippen LogP contribution in [0.5, 0.6) is 0 Å². The van der Waals surface area contributed by atoms with E-state index in [1.807, 2.05) is 0 Å². The number of ether oxygens (including phenoxy) is 1. The number of aliphatic hydroxyl groups is 1. The van der Waals surface area contributed by atoms with Crippen molar-refractivity contribution >= 4 is 11.8 Å². The molecular formula is C11H16O2S. The molecule has 0 amide bonds. The van der Waals surface area contributed by atoms with E-state index in [4.69, 9.17) is 9.84 Å². The van der Waals surface area contributed by atoms with Gasteiger partial charge in [0.05, 0.1) is 19.8 Å². The maximum Gasteiger partial charge on any atom is 0.0698 e. The highest BCUT2D eigenvalue weighted by molar-refractivity contribution is 7.99. The van der Waals surface area contributed by atoms with E-state index >= 15 is 0 Å². The Hall–Kier alpha value is -0.510. The minimum absolute atomic E-state index is 0.106. The first-order chi connectivity index (χ1) is 6.83. The molecule has 14 heavy (non-hydrogen) atoms. The third-order valence-corrected chi connectivity index (χ3v) is 2.68. The van der Waals surface area contributed by atoms with Crippen molar-refractivity contribution in [3.05, 3.63) is 29.8 Å². The molecule has 78 valence electrons. The van der Waals surface area contributed by atoms with Crippen molar-refractivity contribution in [2.75, 3.05) is 25.6 Å². The summed E-state index contributed by atoms with van der Waals surface area (Å²) in [4.78, 5) is 1.28. The van der Waals surface area contributed by atoms with Gasteiger partial charge in [0.15, 0.2) is 0 Å². The lowest BCUT2D eigenvalue weighted by molar-refractivity contribution is 0.103. The van der Waals surface area contributed by atoms with E-state index in [2.05, 4.69) is 31.2 Å². The number of aryl methyl sites for hydroxylation is 1. The van der Waals surface area contributed by atoms with Crippen molar-refractivity contribution in [3.63, 3.8) is 0 Å². The highest BCUT2D eigenvalue weighted by Crippen LogP contribution is 2.18. The Bertz CT molecular complexity index is 263. The van der Waals surface area contributed by atoms with E-state index in [-0.39, 0.29) is 6.61 Å². The predicted octanol–water partition coefficient (Wildman–Crippen LogP) is 2.10. The summed E-state index contributed by atoms with van der Waals surface area (Å²) in [6.45, 7) is 3.33. The first kappa shape index (κ1) is 11.6. The van der Waals surface area contributed by atoms with Crippen LogP contribution in [0.3, 0.4) is 0 Å². The second kappa shape index (κ2) is 6.87. The van der Waals surface area contributed by atoms with E-state index in [1.54, 1.807) is 11.8 Å². The molecule has 0 aliphatic rings. The van der Waals surface area contributed by atoms with Gasteiger partial charge >= 0.3 is 0 Å². The molecule has 1 aromatic rings. The Balaban J connectivity index is 2.18. The maximum absolute atomic E-state index is 8.49. The summed E-state index contributed by atoms with van der Waals surface area (Å²) >= 11 is 1.78. The van der Waals surface area contributed by atoms with E-state index in [9.17, 15) is 0 Å². The van der Waals surface area contributed by atoms with Crippen LogP contribution in [0, 0.1) is 6.92 Å². The number of thioether (sulfide) groups is 1. The van der Waals surface area contributed by atoms with Crippen LogP contribution in [-0.4, -0.2) is 30.7 Å². The number of rotatable bonds is 6.